The van der Waals surface area contributed by atoms with E-state index in [9.17, 15) is 14.4 Å². The minimum absolute atomic E-state index is 0.0188. The molecule has 0 atom stereocenters. The van der Waals surface area contributed by atoms with Gasteiger partial charge in [-0.1, -0.05) is 42.1 Å². The van der Waals surface area contributed by atoms with Crippen LogP contribution in [0.1, 0.15) is 31.2 Å². The summed E-state index contributed by atoms with van der Waals surface area (Å²) < 4.78 is 7.02. The first-order valence-electron chi connectivity index (χ1n) is 9.91. The lowest BCUT2D eigenvalue weighted by Gasteiger charge is -2.23. The number of fused-ring (bicyclic) bond motifs is 2. The number of aromatic amines is 1. The average molecular weight is 474 g/mol. The number of benzene rings is 2. The molecule has 0 unspecified atom stereocenters. The van der Waals surface area contributed by atoms with Crippen LogP contribution in [0.5, 0.6) is 11.5 Å². The number of anilines is 2. The lowest BCUT2D eigenvalue weighted by Crippen LogP contribution is -2.33. The summed E-state index contributed by atoms with van der Waals surface area (Å²) in [4.78, 5) is 38.5. The molecule has 9 nitrogen and oxygen atoms in total. The number of nitrogen functional groups attached to an aromatic ring is 1. The molecule has 1 amide bonds. The molecule has 0 bridgehead atoms. The first-order valence-corrected chi connectivity index (χ1v) is 10.7. The summed E-state index contributed by atoms with van der Waals surface area (Å²) in [7, 11) is 0. The van der Waals surface area contributed by atoms with Gasteiger partial charge in [0.25, 0.3) is 5.56 Å². The van der Waals surface area contributed by atoms with Gasteiger partial charge in [0.15, 0.2) is 5.75 Å². The van der Waals surface area contributed by atoms with Gasteiger partial charge in [0.05, 0.1) is 21.1 Å². The topological polar surface area (TPSA) is 132 Å². The van der Waals surface area contributed by atoms with E-state index < -0.39 is 16.7 Å². The average Bonchev–Trinajstić information content (AvgIpc) is 3.34. The Kier molecular flexibility index (Phi) is 4.75. The Morgan fingerprint density at radius 3 is 2.47 bits per heavy atom. The number of hydrogen-bond acceptors (Lipinski definition) is 6. The highest BCUT2D eigenvalue weighted by atomic mass is 35.5. The van der Waals surface area contributed by atoms with E-state index in [-0.39, 0.29) is 33.2 Å². The first-order chi connectivity index (χ1) is 15.3. The predicted octanol–water partition coefficient (Wildman–Crippen LogP) is 3.37. The number of nitrogens with zero attached hydrogens (tertiary/aromatic N) is 2. The van der Waals surface area contributed by atoms with Crippen molar-refractivity contribution in [2.75, 3.05) is 11.1 Å². The molecule has 5 rings (SSSR count). The minimum Gasteiger partial charge on any atom is -0.454 e. The third-order valence-electron chi connectivity index (χ3n) is 5.94. The number of halogens is 2. The molecular formula is C21H17Cl2N5O4. The van der Waals surface area contributed by atoms with Crippen LogP contribution in [0.2, 0.25) is 10.0 Å². The molecule has 1 saturated carbocycles. The highest BCUT2D eigenvalue weighted by molar-refractivity contribution is 6.37. The standard InChI is InChI=1S/C21H17Cl2N5O4/c22-11-8-10(28-20(31)26-18(29)17(24)27-28)9-12(23)16(11)32-14-5-3-4-13-15(14)21(19(30)25-13)6-1-2-7-21/h3-5,8-9H,1-2,6-7H2,(H2,24,27)(H,25,30)(H,26,29,31). The maximum absolute atomic E-state index is 12.8. The number of ether oxygens (including phenoxy) is 1. The molecule has 1 aliphatic heterocycles. The highest BCUT2D eigenvalue weighted by Crippen LogP contribution is 2.53. The quantitative estimate of drug-likeness (QED) is 0.534. The zero-order valence-corrected chi connectivity index (χ0v) is 18.1. The van der Waals surface area contributed by atoms with Crippen LogP contribution in [-0.4, -0.2) is 20.7 Å². The van der Waals surface area contributed by atoms with Crippen LogP contribution in [0.4, 0.5) is 11.5 Å². The summed E-state index contributed by atoms with van der Waals surface area (Å²) in [6.07, 6.45) is 3.41. The fourth-order valence-electron chi connectivity index (χ4n) is 4.49. The van der Waals surface area contributed by atoms with Crippen molar-refractivity contribution in [1.29, 1.82) is 0 Å². The molecule has 0 radical (unpaired) electrons. The zero-order valence-electron chi connectivity index (χ0n) is 16.6. The molecular weight excluding hydrogens is 457 g/mol. The third kappa shape index (κ3) is 3.08. The minimum atomic E-state index is -0.793. The van der Waals surface area contributed by atoms with E-state index in [1.807, 2.05) is 6.07 Å². The van der Waals surface area contributed by atoms with Gasteiger partial charge in [-0.15, -0.1) is 5.10 Å². The van der Waals surface area contributed by atoms with Crippen LogP contribution in [-0.2, 0) is 10.2 Å². The van der Waals surface area contributed by atoms with Gasteiger partial charge in [-0.3, -0.25) is 14.6 Å². The van der Waals surface area contributed by atoms with Gasteiger partial charge in [-0.05, 0) is 37.1 Å². The van der Waals surface area contributed by atoms with E-state index in [1.165, 1.54) is 12.1 Å². The van der Waals surface area contributed by atoms with Crippen molar-refractivity contribution in [3.05, 3.63) is 66.8 Å². The SMILES string of the molecule is Nc1nn(-c2cc(Cl)c(Oc3cccc4c3C3(CCCC3)C(=O)N4)c(Cl)c2)c(=O)[nH]c1=O. The van der Waals surface area contributed by atoms with Crippen LogP contribution >= 0.6 is 23.2 Å². The second kappa shape index (κ2) is 7.39. The summed E-state index contributed by atoms with van der Waals surface area (Å²) in [5, 5.41) is 6.96. The molecule has 2 aromatic carbocycles. The number of rotatable bonds is 3. The fraction of sp³-hybridized carbons (Fsp3) is 0.238. The number of nitrogens with two attached hydrogens (primary N) is 1. The van der Waals surface area contributed by atoms with Crippen LogP contribution in [0.15, 0.2) is 39.9 Å². The van der Waals surface area contributed by atoms with E-state index >= 15 is 0 Å². The summed E-state index contributed by atoms with van der Waals surface area (Å²) >= 11 is 12.9. The molecule has 1 fully saturated rings. The maximum atomic E-state index is 12.8. The van der Waals surface area contributed by atoms with Crippen molar-refractivity contribution < 1.29 is 9.53 Å². The summed E-state index contributed by atoms with van der Waals surface area (Å²) in [6.45, 7) is 0. The Morgan fingerprint density at radius 2 is 1.78 bits per heavy atom. The highest BCUT2D eigenvalue weighted by Gasteiger charge is 2.50. The number of carbonyl (C=O) groups excluding carboxylic acids is 1. The van der Waals surface area contributed by atoms with E-state index in [1.54, 1.807) is 12.1 Å². The molecule has 3 aromatic rings. The number of carbonyl (C=O) groups is 1. The van der Waals surface area contributed by atoms with Gasteiger partial charge in [-0.2, -0.15) is 4.68 Å². The molecule has 2 aliphatic rings. The van der Waals surface area contributed by atoms with Crippen LogP contribution in [0.3, 0.4) is 0 Å². The molecule has 11 heteroatoms. The molecule has 0 saturated heterocycles. The number of hydrogen-bond donors (Lipinski definition) is 3. The Labute approximate surface area is 191 Å². The van der Waals surface area contributed by atoms with Crippen LogP contribution < -0.4 is 27.0 Å². The number of amides is 1. The lowest BCUT2D eigenvalue weighted by molar-refractivity contribution is -0.120. The fourth-order valence-corrected chi connectivity index (χ4v) is 5.04. The maximum Gasteiger partial charge on any atom is 0.349 e. The molecule has 4 N–H and O–H groups in total. The van der Waals surface area contributed by atoms with Gasteiger partial charge in [0.2, 0.25) is 11.7 Å². The Balaban J connectivity index is 1.58. The van der Waals surface area contributed by atoms with Crippen molar-refractivity contribution >= 4 is 40.6 Å². The van der Waals surface area contributed by atoms with Crippen molar-refractivity contribution in [3.8, 4) is 17.2 Å². The summed E-state index contributed by atoms with van der Waals surface area (Å²) in [5.41, 5.74) is 5.05. The zero-order chi connectivity index (χ0) is 22.6. The van der Waals surface area contributed by atoms with E-state index in [0.717, 1.165) is 41.6 Å². The van der Waals surface area contributed by atoms with Crippen molar-refractivity contribution in [2.24, 2.45) is 0 Å². The van der Waals surface area contributed by atoms with Gasteiger partial charge >= 0.3 is 5.69 Å². The predicted molar refractivity (Wildman–Crippen MR) is 120 cm³/mol. The van der Waals surface area contributed by atoms with Gasteiger partial charge in [0.1, 0.15) is 5.75 Å². The molecule has 164 valence electrons. The Morgan fingerprint density at radius 1 is 1.09 bits per heavy atom. The first kappa shape index (κ1) is 20.6. The van der Waals surface area contributed by atoms with Crippen molar-refractivity contribution in [1.82, 2.24) is 14.8 Å². The molecule has 2 heterocycles. The summed E-state index contributed by atoms with van der Waals surface area (Å²) in [6, 6.07) is 8.25. The van der Waals surface area contributed by atoms with E-state index in [0.29, 0.717) is 5.75 Å². The monoisotopic (exact) mass is 473 g/mol. The van der Waals surface area contributed by atoms with E-state index in [4.69, 9.17) is 33.7 Å². The van der Waals surface area contributed by atoms with Gasteiger partial charge in [0, 0.05) is 11.3 Å². The number of H-pyrrole nitrogens is 1. The molecule has 32 heavy (non-hydrogen) atoms. The molecule has 1 aliphatic carbocycles. The summed E-state index contributed by atoms with van der Waals surface area (Å²) in [5.74, 6) is 0.261. The number of aromatic nitrogens is 3. The van der Waals surface area contributed by atoms with Gasteiger partial charge in [-0.25, -0.2) is 4.79 Å². The van der Waals surface area contributed by atoms with Crippen LogP contribution in [0.25, 0.3) is 5.69 Å². The Hall–Kier alpha value is -3.30. The molecule has 1 spiro atoms. The van der Waals surface area contributed by atoms with E-state index in [2.05, 4.69) is 15.4 Å². The second-order valence-electron chi connectivity index (χ2n) is 7.82. The third-order valence-corrected chi connectivity index (χ3v) is 6.50. The van der Waals surface area contributed by atoms with Crippen LogP contribution in [0, 0.1) is 0 Å². The largest absolute Gasteiger partial charge is 0.454 e. The number of nitrogens with one attached hydrogen (secondary N) is 2. The normalized spacial score (nSPS) is 16.2. The second-order valence-corrected chi connectivity index (χ2v) is 8.63. The Bertz CT molecular complexity index is 1370. The molecule has 1 aromatic heterocycles. The lowest BCUT2D eigenvalue weighted by atomic mass is 9.79. The van der Waals surface area contributed by atoms with Gasteiger partial charge < -0.3 is 15.8 Å². The van der Waals surface area contributed by atoms with Crippen molar-refractivity contribution in [2.45, 2.75) is 31.1 Å². The smallest absolute Gasteiger partial charge is 0.349 e. The van der Waals surface area contributed by atoms with Crippen molar-refractivity contribution in [3.63, 3.8) is 0 Å².